The van der Waals surface area contributed by atoms with Crippen LogP contribution in [0.4, 0.5) is 17.6 Å². The standard InChI is InChI=1S/C26H25ClF4N2O2/c1-16-21(18-9-10-19(27)20(28)13-18)22(24(34)32-11-12-35-25(2,3)15-32)33(23(16)26(29,30)31)14-17-7-5-4-6-8-17/h4-10,13H,11-12,14-15H2,1-3H3. The Balaban J connectivity index is 1.99. The predicted octanol–water partition coefficient (Wildman–Crippen LogP) is 6.57. The largest absolute Gasteiger partial charge is 0.431 e. The Hall–Kier alpha value is -2.84. The van der Waals surface area contributed by atoms with Crippen LogP contribution < -0.4 is 0 Å². The van der Waals surface area contributed by atoms with Gasteiger partial charge in [0.2, 0.25) is 0 Å². The zero-order chi connectivity index (χ0) is 25.5. The van der Waals surface area contributed by atoms with Crippen LogP contribution in [0.1, 0.15) is 41.2 Å². The maximum absolute atomic E-state index is 14.4. The molecule has 0 spiro atoms. The molecule has 1 amide bonds. The molecule has 1 aromatic heterocycles. The summed E-state index contributed by atoms with van der Waals surface area (Å²) in [5, 5.41) is -0.158. The number of benzene rings is 2. The lowest BCUT2D eigenvalue weighted by Gasteiger charge is -2.38. The minimum absolute atomic E-state index is 0.0399. The van der Waals surface area contributed by atoms with E-state index in [1.54, 1.807) is 30.3 Å². The Morgan fingerprint density at radius 1 is 1.14 bits per heavy atom. The average molecular weight is 509 g/mol. The highest BCUT2D eigenvalue weighted by molar-refractivity contribution is 6.30. The molecule has 0 N–H and O–H groups in total. The number of alkyl halides is 3. The number of rotatable bonds is 4. The molecule has 186 valence electrons. The lowest BCUT2D eigenvalue weighted by molar-refractivity contribution is -0.143. The molecule has 1 aliphatic heterocycles. The molecule has 1 fully saturated rings. The van der Waals surface area contributed by atoms with Gasteiger partial charge in [-0.05, 0) is 49.6 Å². The van der Waals surface area contributed by atoms with Crippen LogP contribution in [0.3, 0.4) is 0 Å². The second-order valence-electron chi connectivity index (χ2n) is 9.23. The molecule has 9 heteroatoms. The van der Waals surface area contributed by atoms with Crippen LogP contribution in [0.5, 0.6) is 0 Å². The number of hydrogen-bond acceptors (Lipinski definition) is 2. The second-order valence-corrected chi connectivity index (χ2v) is 9.64. The molecule has 1 aliphatic rings. The van der Waals surface area contributed by atoms with Gasteiger partial charge in [0, 0.05) is 25.2 Å². The number of carbonyl (C=O) groups excluding carboxylic acids is 1. The van der Waals surface area contributed by atoms with Crippen LogP contribution in [0.2, 0.25) is 5.02 Å². The van der Waals surface area contributed by atoms with Crippen molar-refractivity contribution in [2.24, 2.45) is 0 Å². The van der Waals surface area contributed by atoms with E-state index in [1.165, 1.54) is 24.0 Å². The van der Waals surface area contributed by atoms with Gasteiger partial charge in [-0.2, -0.15) is 13.2 Å². The number of halogens is 5. The van der Waals surface area contributed by atoms with Crippen molar-refractivity contribution in [2.45, 2.75) is 39.1 Å². The molecule has 3 aromatic rings. The fourth-order valence-corrected chi connectivity index (χ4v) is 4.72. The van der Waals surface area contributed by atoms with Crippen LogP contribution in [-0.4, -0.2) is 40.7 Å². The first-order chi connectivity index (χ1) is 16.4. The number of aromatic nitrogens is 1. The summed E-state index contributed by atoms with van der Waals surface area (Å²) in [5.74, 6) is -1.35. The Bertz CT molecular complexity index is 1250. The lowest BCUT2D eigenvalue weighted by atomic mass is 9.99. The topological polar surface area (TPSA) is 34.5 Å². The predicted molar refractivity (Wildman–Crippen MR) is 126 cm³/mol. The minimum Gasteiger partial charge on any atom is -0.372 e. The number of nitrogens with zero attached hydrogens (tertiary/aromatic N) is 2. The van der Waals surface area contributed by atoms with Crippen molar-refractivity contribution in [3.8, 4) is 11.1 Å². The van der Waals surface area contributed by atoms with Crippen molar-refractivity contribution in [2.75, 3.05) is 19.7 Å². The summed E-state index contributed by atoms with van der Waals surface area (Å²) in [4.78, 5) is 15.4. The van der Waals surface area contributed by atoms with E-state index in [-0.39, 0.29) is 53.6 Å². The molecule has 35 heavy (non-hydrogen) atoms. The zero-order valence-electron chi connectivity index (χ0n) is 19.5. The van der Waals surface area contributed by atoms with Crippen molar-refractivity contribution in [1.82, 2.24) is 9.47 Å². The fourth-order valence-electron chi connectivity index (χ4n) is 4.60. The average Bonchev–Trinajstić information content (AvgIpc) is 3.07. The SMILES string of the molecule is Cc1c(-c2ccc(Cl)c(F)c2)c(C(=O)N2CCOC(C)(C)C2)n(Cc2ccccc2)c1C(F)(F)F. The normalized spacial score (nSPS) is 15.9. The zero-order valence-corrected chi connectivity index (χ0v) is 20.3. The van der Waals surface area contributed by atoms with E-state index >= 15 is 0 Å². The second kappa shape index (κ2) is 9.32. The van der Waals surface area contributed by atoms with Gasteiger partial charge in [0.05, 0.1) is 17.2 Å². The molecule has 0 radical (unpaired) electrons. The van der Waals surface area contributed by atoms with E-state index in [0.29, 0.717) is 5.56 Å². The molecular formula is C26H25ClF4N2O2. The Morgan fingerprint density at radius 2 is 1.83 bits per heavy atom. The summed E-state index contributed by atoms with van der Waals surface area (Å²) in [6.07, 6.45) is -4.75. The maximum Gasteiger partial charge on any atom is 0.431 e. The molecule has 0 unspecified atom stereocenters. The first kappa shape index (κ1) is 25.3. The highest BCUT2D eigenvalue weighted by Crippen LogP contribution is 2.42. The first-order valence-electron chi connectivity index (χ1n) is 11.1. The van der Waals surface area contributed by atoms with E-state index < -0.39 is 29.2 Å². The van der Waals surface area contributed by atoms with Crippen molar-refractivity contribution in [3.63, 3.8) is 0 Å². The fraction of sp³-hybridized carbons (Fsp3) is 0.346. The number of morpholine rings is 1. The van der Waals surface area contributed by atoms with E-state index in [2.05, 4.69) is 0 Å². The highest BCUT2D eigenvalue weighted by Gasteiger charge is 2.42. The number of hydrogen-bond donors (Lipinski definition) is 0. The summed E-state index contributed by atoms with van der Waals surface area (Å²) >= 11 is 5.83. The van der Waals surface area contributed by atoms with Crippen molar-refractivity contribution < 1.29 is 27.1 Å². The van der Waals surface area contributed by atoms with Gasteiger partial charge in [-0.25, -0.2) is 4.39 Å². The Kier molecular flexibility index (Phi) is 6.72. The van der Waals surface area contributed by atoms with E-state index in [4.69, 9.17) is 16.3 Å². The molecule has 0 saturated carbocycles. The summed E-state index contributed by atoms with van der Waals surface area (Å²) in [7, 11) is 0. The molecule has 2 aromatic carbocycles. The number of carbonyl (C=O) groups is 1. The smallest absolute Gasteiger partial charge is 0.372 e. The van der Waals surface area contributed by atoms with Crippen LogP contribution in [0, 0.1) is 12.7 Å². The van der Waals surface area contributed by atoms with Gasteiger partial charge < -0.3 is 14.2 Å². The number of amides is 1. The van der Waals surface area contributed by atoms with E-state index in [1.807, 2.05) is 13.8 Å². The Morgan fingerprint density at radius 3 is 2.43 bits per heavy atom. The third-order valence-electron chi connectivity index (χ3n) is 6.08. The quantitative estimate of drug-likeness (QED) is 0.373. The minimum atomic E-state index is -4.75. The van der Waals surface area contributed by atoms with Gasteiger partial charge in [-0.15, -0.1) is 0 Å². The monoisotopic (exact) mass is 508 g/mol. The van der Waals surface area contributed by atoms with Gasteiger partial charge in [0.1, 0.15) is 17.2 Å². The Labute approximate surface area is 206 Å². The molecule has 0 bridgehead atoms. The third kappa shape index (κ3) is 5.09. The van der Waals surface area contributed by atoms with Gasteiger partial charge in [0.25, 0.3) is 5.91 Å². The lowest BCUT2D eigenvalue weighted by Crippen LogP contribution is -2.51. The highest BCUT2D eigenvalue weighted by atomic mass is 35.5. The van der Waals surface area contributed by atoms with Crippen LogP contribution in [-0.2, 0) is 17.5 Å². The van der Waals surface area contributed by atoms with Gasteiger partial charge in [0.15, 0.2) is 0 Å². The molecular weight excluding hydrogens is 484 g/mol. The molecule has 4 nitrogen and oxygen atoms in total. The molecule has 0 aliphatic carbocycles. The third-order valence-corrected chi connectivity index (χ3v) is 6.39. The van der Waals surface area contributed by atoms with Crippen molar-refractivity contribution in [3.05, 3.63) is 81.9 Å². The first-order valence-corrected chi connectivity index (χ1v) is 11.5. The van der Waals surface area contributed by atoms with E-state index in [9.17, 15) is 22.4 Å². The van der Waals surface area contributed by atoms with Crippen molar-refractivity contribution >= 4 is 17.5 Å². The maximum atomic E-state index is 14.4. The molecule has 2 heterocycles. The van der Waals surface area contributed by atoms with Crippen LogP contribution in [0.25, 0.3) is 11.1 Å². The summed E-state index contributed by atoms with van der Waals surface area (Å²) in [6.45, 7) is 5.46. The summed E-state index contributed by atoms with van der Waals surface area (Å²) < 4.78 is 64.4. The van der Waals surface area contributed by atoms with Gasteiger partial charge in [-0.1, -0.05) is 48.0 Å². The molecule has 1 saturated heterocycles. The van der Waals surface area contributed by atoms with Gasteiger partial charge >= 0.3 is 6.18 Å². The van der Waals surface area contributed by atoms with Crippen LogP contribution >= 0.6 is 11.6 Å². The number of ether oxygens (including phenoxy) is 1. The van der Waals surface area contributed by atoms with Crippen LogP contribution in [0.15, 0.2) is 48.5 Å². The summed E-state index contributed by atoms with van der Waals surface area (Å²) in [5.41, 5.74) is -1.10. The molecule has 4 rings (SSSR count). The summed E-state index contributed by atoms with van der Waals surface area (Å²) in [6, 6.07) is 12.4. The van der Waals surface area contributed by atoms with Gasteiger partial charge in [-0.3, -0.25) is 4.79 Å². The molecule has 0 atom stereocenters. The van der Waals surface area contributed by atoms with Crippen molar-refractivity contribution in [1.29, 1.82) is 0 Å². The van der Waals surface area contributed by atoms with E-state index in [0.717, 1.165) is 10.6 Å².